The molecule has 192 valence electrons. The van der Waals surface area contributed by atoms with E-state index in [4.69, 9.17) is 25.8 Å². The van der Waals surface area contributed by atoms with Gasteiger partial charge in [-0.15, -0.1) is 0 Å². The molecule has 1 aromatic heterocycles. The predicted octanol–water partition coefficient (Wildman–Crippen LogP) is 6.29. The summed E-state index contributed by atoms with van der Waals surface area (Å²) in [6.07, 6.45) is 7.91. The van der Waals surface area contributed by atoms with Crippen molar-refractivity contribution in [1.29, 1.82) is 0 Å². The Hall–Kier alpha value is -3.35. The lowest BCUT2D eigenvalue weighted by molar-refractivity contribution is -0.142. The van der Waals surface area contributed by atoms with Crippen LogP contribution in [-0.2, 0) is 16.0 Å². The Labute approximate surface area is 222 Å². The molecule has 0 N–H and O–H groups in total. The summed E-state index contributed by atoms with van der Waals surface area (Å²) in [6, 6.07) is 17.9. The third kappa shape index (κ3) is 6.14. The van der Waals surface area contributed by atoms with E-state index in [1.807, 2.05) is 42.5 Å². The molecule has 0 aliphatic carbocycles. The molecule has 7 heteroatoms. The summed E-state index contributed by atoms with van der Waals surface area (Å²) in [7, 11) is 1.35. The minimum Gasteiger partial charge on any atom is -0.481 e. The summed E-state index contributed by atoms with van der Waals surface area (Å²) in [5.74, 6) is 2.07. The van der Waals surface area contributed by atoms with Gasteiger partial charge in [0.2, 0.25) is 5.88 Å². The maximum absolute atomic E-state index is 11.7. The van der Waals surface area contributed by atoms with Crippen LogP contribution >= 0.6 is 11.6 Å². The molecule has 0 radical (unpaired) electrons. The number of esters is 1. The third-order valence-corrected chi connectivity index (χ3v) is 7.37. The van der Waals surface area contributed by atoms with Crippen LogP contribution in [0.4, 0.5) is 0 Å². The Kier molecular flexibility index (Phi) is 8.07. The maximum Gasteiger partial charge on any atom is 0.343 e. The lowest BCUT2D eigenvalue weighted by Crippen LogP contribution is -2.33. The molecule has 0 bridgehead atoms. The van der Waals surface area contributed by atoms with Crippen molar-refractivity contribution < 1.29 is 19.0 Å². The minimum atomic E-state index is -0.423. The molecular formula is C30H31ClN2O4. The highest BCUT2D eigenvalue weighted by Gasteiger charge is 2.24. The Balaban J connectivity index is 1.27. The molecule has 6 nitrogen and oxygen atoms in total. The first-order chi connectivity index (χ1) is 18.1. The average molecular weight is 519 g/mol. The lowest BCUT2D eigenvalue weighted by Gasteiger charge is -2.32. The molecule has 1 saturated heterocycles. The zero-order valence-electron chi connectivity index (χ0n) is 21.0. The monoisotopic (exact) mass is 518 g/mol. The van der Waals surface area contributed by atoms with Gasteiger partial charge in [0.1, 0.15) is 11.5 Å². The molecule has 1 fully saturated rings. The van der Waals surface area contributed by atoms with Gasteiger partial charge in [0.25, 0.3) is 0 Å². The van der Waals surface area contributed by atoms with Crippen molar-refractivity contribution in [3.05, 3.63) is 88.6 Å². The zero-order valence-corrected chi connectivity index (χ0v) is 21.7. The molecule has 3 heterocycles. The fourth-order valence-corrected chi connectivity index (χ4v) is 5.21. The van der Waals surface area contributed by atoms with Crippen LogP contribution in [0.3, 0.4) is 0 Å². The second kappa shape index (κ2) is 11.8. The number of rotatable bonds is 7. The van der Waals surface area contributed by atoms with Crippen molar-refractivity contribution in [1.82, 2.24) is 9.88 Å². The van der Waals surface area contributed by atoms with Crippen LogP contribution in [0.2, 0.25) is 5.02 Å². The van der Waals surface area contributed by atoms with Crippen molar-refractivity contribution in [2.45, 2.75) is 31.6 Å². The van der Waals surface area contributed by atoms with Gasteiger partial charge < -0.3 is 19.1 Å². The summed E-state index contributed by atoms with van der Waals surface area (Å²) < 4.78 is 16.7. The van der Waals surface area contributed by atoms with Crippen molar-refractivity contribution in [3.8, 4) is 17.4 Å². The minimum absolute atomic E-state index is 0.150. The number of methoxy groups -OCH3 is 1. The number of piperidine rings is 1. The molecule has 3 aromatic rings. The highest BCUT2D eigenvalue weighted by molar-refractivity contribution is 6.30. The SMILES string of the molecule is COC(=O)COc1cccc2c1CC(=CCCN1CCC(c3ccc(Cl)cc3)CC1)c1cccnc1O2. The van der Waals surface area contributed by atoms with E-state index in [2.05, 4.69) is 28.1 Å². The Morgan fingerprint density at radius 2 is 1.95 bits per heavy atom. The molecule has 37 heavy (non-hydrogen) atoms. The van der Waals surface area contributed by atoms with Gasteiger partial charge in [0.05, 0.1) is 7.11 Å². The standard InChI is InChI=1S/C30H31ClN2O4/c1-35-29(34)20-36-27-7-2-8-28-26(27)19-23(25-6-3-15-32-30(25)37-28)5-4-16-33-17-13-22(14-18-33)21-9-11-24(31)12-10-21/h2-3,5-12,15,22H,4,13-14,16-20H2,1H3. The number of nitrogens with zero attached hydrogens (tertiary/aromatic N) is 2. The fourth-order valence-electron chi connectivity index (χ4n) is 5.08. The van der Waals surface area contributed by atoms with Crippen LogP contribution in [0.15, 0.2) is 66.9 Å². The van der Waals surface area contributed by atoms with E-state index in [0.29, 0.717) is 29.7 Å². The second-order valence-electron chi connectivity index (χ2n) is 9.42. The topological polar surface area (TPSA) is 60.9 Å². The van der Waals surface area contributed by atoms with Gasteiger partial charge in [-0.2, -0.15) is 0 Å². The summed E-state index contributed by atoms with van der Waals surface area (Å²) in [5.41, 5.74) is 4.42. The number of likely N-dealkylation sites (tertiary alicyclic amines) is 1. The van der Waals surface area contributed by atoms with Gasteiger partial charge in [-0.1, -0.05) is 35.9 Å². The fraction of sp³-hybridized carbons (Fsp3) is 0.333. The van der Waals surface area contributed by atoms with Crippen LogP contribution in [0.1, 0.15) is 41.9 Å². The van der Waals surface area contributed by atoms with Gasteiger partial charge in [-0.05, 0) is 85.8 Å². The van der Waals surface area contributed by atoms with Gasteiger partial charge in [0.15, 0.2) is 6.61 Å². The van der Waals surface area contributed by atoms with Crippen LogP contribution < -0.4 is 9.47 Å². The van der Waals surface area contributed by atoms with E-state index in [0.717, 1.165) is 60.6 Å². The molecule has 0 saturated carbocycles. The van der Waals surface area contributed by atoms with Crippen molar-refractivity contribution in [2.24, 2.45) is 0 Å². The van der Waals surface area contributed by atoms with E-state index >= 15 is 0 Å². The van der Waals surface area contributed by atoms with Crippen molar-refractivity contribution in [2.75, 3.05) is 33.4 Å². The van der Waals surface area contributed by atoms with Crippen molar-refractivity contribution in [3.63, 3.8) is 0 Å². The molecule has 5 rings (SSSR count). The number of hydrogen-bond acceptors (Lipinski definition) is 6. The van der Waals surface area contributed by atoms with Gasteiger partial charge in [-0.25, -0.2) is 9.78 Å². The largest absolute Gasteiger partial charge is 0.481 e. The lowest BCUT2D eigenvalue weighted by atomic mass is 9.89. The molecule has 0 atom stereocenters. The van der Waals surface area contributed by atoms with Gasteiger partial charge in [0, 0.05) is 35.3 Å². The molecule has 0 spiro atoms. The van der Waals surface area contributed by atoms with Gasteiger partial charge >= 0.3 is 5.97 Å². The number of benzene rings is 2. The molecule has 0 unspecified atom stereocenters. The Morgan fingerprint density at radius 3 is 2.73 bits per heavy atom. The maximum atomic E-state index is 11.7. The first kappa shape index (κ1) is 25.3. The second-order valence-corrected chi connectivity index (χ2v) is 9.85. The van der Waals surface area contributed by atoms with Crippen LogP contribution in [-0.4, -0.2) is 49.2 Å². The summed E-state index contributed by atoms with van der Waals surface area (Å²) in [4.78, 5) is 18.7. The quantitative estimate of drug-likeness (QED) is 0.343. The molecule has 2 aliphatic heterocycles. The Morgan fingerprint density at radius 1 is 1.14 bits per heavy atom. The summed E-state index contributed by atoms with van der Waals surface area (Å²) in [6.45, 7) is 3.03. The molecular weight excluding hydrogens is 488 g/mol. The highest BCUT2D eigenvalue weighted by atomic mass is 35.5. The van der Waals surface area contributed by atoms with E-state index in [1.54, 1.807) is 6.20 Å². The van der Waals surface area contributed by atoms with Crippen LogP contribution in [0, 0.1) is 0 Å². The summed E-state index contributed by atoms with van der Waals surface area (Å²) in [5, 5.41) is 0.791. The molecule has 2 aromatic carbocycles. The summed E-state index contributed by atoms with van der Waals surface area (Å²) >= 11 is 6.06. The number of ether oxygens (including phenoxy) is 3. The first-order valence-corrected chi connectivity index (χ1v) is 13.1. The zero-order chi connectivity index (χ0) is 25.6. The third-order valence-electron chi connectivity index (χ3n) is 7.12. The number of aromatic nitrogens is 1. The number of hydrogen-bond donors (Lipinski definition) is 0. The molecule has 2 aliphatic rings. The van der Waals surface area contributed by atoms with Crippen LogP contribution in [0.5, 0.6) is 17.4 Å². The highest BCUT2D eigenvalue weighted by Crippen LogP contribution is 2.41. The predicted molar refractivity (Wildman–Crippen MR) is 144 cm³/mol. The number of carbonyl (C=O) groups excluding carboxylic acids is 1. The number of fused-ring (bicyclic) bond motifs is 2. The number of halogens is 1. The van der Waals surface area contributed by atoms with E-state index in [-0.39, 0.29) is 6.61 Å². The van der Waals surface area contributed by atoms with Crippen molar-refractivity contribution >= 4 is 23.1 Å². The number of pyridine rings is 1. The number of allylic oxidation sites excluding steroid dienone is 1. The van der Waals surface area contributed by atoms with E-state index in [9.17, 15) is 4.79 Å². The van der Waals surface area contributed by atoms with Gasteiger partial charge in [-0.3, -0.25) is 0 Å². The van der Waals surface area contributed by atoms with Crippen LogP contribution in [0.25, 0.3) is 5.57 Å². The first-order valence-electron chi connectivity index (χ1n) is 12.7. The van der Waals surface area contributed by atoms with E-state index < -0.39 is 5.97 Å². The Bertz CT molecular complexity index is 1270. The van der Waals surface area contributed by atoms with E-state index in [1.165, 1.54) is 12.7 Å². The number of carbonyl (C=O) groups is 1. The smallest absolute Gasteiger partial charge is 0.343 e. The molecule has 0 amide bonds. The average Bonchev–Trinajstić information content (AvgIpc) is 3.09. The normalized spacial score (nSPS) is 16.9.